The SMILES string of the molecule is Cc1ccc(C(=O)NN=Cc2ccc3c(c2)OCO3)cc1. The molecule has 3 rings (SSSR count). The average Bonchev–Trinajstić information content (AvgIpc) is 2.95. The number of nitrogens with zero attached hydrogens (tertiary/aromatic N) is 1. The summed E-state index contributed by atoms with van der Waals surface area (Å²) in [6, 6.07) is 12.8. The molecular formula is C16H14N2O3. The number of ether oxygens (including phenoxy) is 2. The van der Waals surface area contributed by atoms with E-state index in [1.165, 1.54) is 0 Å². The minimum Gasteiger partial charge on any atom is -0.454 e. The number of hydrogen-bond donors (Lipinski definition) is 1. The Kier molecular flexibility index (Phi) is 3.55. The minimum absolute atomic E-state index is 0.236. The maximum atomic E-state index is 11.9. The van der Waals surface area contributed by atoms with E-state index in [0.717, 1.165) is 16.9 Å². The molecule has 106 valence electrons. The summed E-state index contributed by atoms with van der Waals surface area (Å²) in [5.41, 5.74) is 5.00. The van der Waals surface area contributed by atoms with Gasteiger partial charge in [-0.25, -0.2) is 5.43 Å². The summed E-state index contributed by atoms with van der Waals surface area (Å²) in [7, 11) is 0. The normalized spacial score (nSPS) is 12.6. The second-order valence-electron chi connectivity index (χ2n) is 4.68. The smallest absolute Gasteiger partial charge is 0.271 e. The molecule has 0 radical (unpaired) electrons. The fourth-order valence-electron chi connectivity index (χ4n) is 1.93. The van der Waals surface area contributed by atoms with E-state index in [2.05, 4.69) is 10.5 Å². The number of benzene rings is 2. The van der Waals surface area contributed by atoms with Gasteiger partial charge in [-0.1, -0.05) is 17.7 Å². The van der Waals surface area contributed by atoms with Gasteiger partial charge in [-0.3, -0.25) is 4.79 Å². The highest BCUT2D eigenvalue weighted by molar-refractivity contribution is 5.94. The molecule has 5 heteroatoms. The van der Waals surface area contributed by atoms with Crippen molar-refractivity contribution in [2.24, 2.45) is 5.10 Å². The van der Waals surface area contributed by atoms with E-state index in [4.69, 9.17) is 9.47 Å². The van der Waals surface area contributed by atoms with Crippen LogP contribution in [-0.2, 0) is 0 Å². The number of hydrogen-bond acceptors (Lipinski definition) is 4. The lowest BCUT2D eigenvalue weighted by atomic mass is 10.1. The van der Waals surface area contributed by atoms with Gasteiger partial charge in [0.1, 0.15) is 0 Å². The number of fused-ring (bicyclic) bond motifs is 1. The van der Waals surface area contributed by atoms with Crippen molar-refractivity contribution in [1.29, 1.82) is 0 Å². The van der Waals surface area contributed by atoms with Crippen LogP contribution in [0.25, 0.3) is 0 Å². The molecule has 0 bridgehead atoms. The van der Waals surface area contributed by atoms with E-state index >= 15 is 0 Å². The highest BCUT2D eigenvalue weighted by atomic mass is 16.7. The van der Waals surface area contributed by atoms with Crippen LogP contribution in [0.4, 0.5) is 0 Å². The maximum Gasteiger partial charge on any atom is 0.271 e. The molecule has 1 heterocycles. The molecular weight excluding hydrogens is 268 g/mol. The molecule has 2 aromatic rings. The Morgan fingerprint density at radius 1 is 1.14 bits per heavy atom. The predicted molar refractivity (Wildman–Crippen MR) is 78.8 cm³/mol. The zero-order valence-corrected chi connectivity index (χ0v) is 11.5. The molecule has 5 nitrogen and oxygen atoms in total. The van der Waals surface area contributed by atoms with Crippen LogP contribution in [0, 0.1) is 6.92 Å². The summed E-state index contributed by atoms with van der Waals surface area (Å²) in [4.78, 5) is 11.9. The van der Waals surface area contributed by atoms with Gasteiger partial charge in [-0.15, -0.1) is 0 Å². The van der Waals surface area contributed by atoms with Crippen LogP contribution in [-0.4, -0.2) is 18.9 Å². The third kappa shape index (κ3) is 3.02. The summed E-state index contributed by atoms with van der Waals surface area (Å²) in [6.45, 7) is 2.21. The lowest BCUT2D eigenvalue weighted by molar-refractivity contribution is 0.0955. The fraction of sp³-hybridized carbons (Fsp3) is 0.125. The quantitative estimate of drug-likeness (QED) is 0.695. The van der Waals surface area contributed by atoms with Crippen molar-refractivity contribution in [2.45, 2.75) is 6.92 Å². The maximum absolute atomic E-state index is 11.9. The molecule has 0 saturated heterocycles. The summed E-state index contributed by atoms with van der Waals surface area (Å²) in [6.07, 6.45) is 1.56. The van der Waals surface area contributed by atoms with Crippen molar-refractivity contribution in [3.63, 3.8) is 0 Å². The van der Waals surface area contributed by atoms with E-state index in [0.29, 0.717) is 11.3 Å². The van der Waals surface area contributed by atoms with Crippen molar-refractivity contribution in [2.75, 3.05) is 6.79 Å². The van der Waals surface area contributed by atoms with Crippen LogP contribution in [0.1, 0.15) is 21.5 Å². The molecule has 0 unspecified atom stereocenters. The van der Waals surface area contributed by atoms with Gasteiger partial charge in [0.15, 0.2) is 11.5 Å². The second-order valence-corrected chi connectivity index (χ2v) is 4.68. The first-order valence-corrected chi connectivity index (χ1v) is 6.52. The molecule has 1 aliphatic heterocycles. The second kappa shape index (κ2) is 5.66. The first-order chi connectivity index (χ1) is 10.2. The zero-order valence-electron chi connectivity index (χ0n) is 11.5. The van der Waals surface area contributed by atoms with E-state index in [9.17, 15) is 4.79 Å². The largest absolute Gasteiger partial charge is 0.454 e. The Morgan fingerprint density at radius 2 is 1.90 bits per heavy atom. The van der Waals surface area contributed by atoms with Crippen LogP contribution < -0.4 is 14.9 Å². The number of aryl methyl sites for hydroxylation is 1. The number of carbonyl (C=O) groups excluding carboxylic acids is 1. The Morgan fingerprint density at radius 3 is 2.71 bits per heavy atom. The monoisotopic (exact) mass is 282 g/mol. The van der Waals surface area contributed by atoms with Crippen LogP contribution in [0.2, 0.25) is 0 Å². The molecule has 1 N–H and O–H groups in total. The van der Waals surface area contributed by atoms with Gasteiger partial charge in [0.05, 0.1) is 6.21 Å². The van der Waals surface area contributed by atoms with Gasteiger partial charge < -0.3 is 9.47 Å². The van der Waals surface area contributed by atoms with Gasteiger partial charge in [0.2, 0.25) is 6.79 Å². The first kappa shape index (κ1) is 13.2. The van der Waals surface area contributed by atoms with E-state index in [-0.39, 0.29) is 12.7 Å². The molecule has 0 atom stereocenters. The number of rotatable bonds is 3. The Hall–Kier alpha value is -2.82. The lowest BCUT2D eigenvalue weighted by Gasteiger charge is -2.00. The Balaban J connectivity index is 1.64. The molecule has 0 aromatic heterocycles. The number of hydrazone groups is 1. The van der Waals surface area contributed by atoms with Gasteiger partial charge >= 0.3 is 0 Å². The molecule has 1 aliphatic rings. The van der Waals surface area contributed by atoms with Crippen molar-refractivity contribution < 1.29 is 14.3 Å². The lowest BCUT2D eigenvalue weighted by Crippen LogP contribution is -2.17. The van der Waals surface area contributed by atoms with Crippen molar-refractivity contribution in [3.8, 4) is 11.5 Å². The van der Waals surface area contributed by atoms with Crippen LogP contribution in [0.5, 0.6) is 11.5 Å². The number of amides is 1. The number of carbonyl (C=O) groups is 1. The van der Waals surface area contributed by atoms with Crippen molar-refractivity contribution >= 4 is 12.1 Å². The van der Waals surface area contributed by atoms with Crippen LogP contribution in [0.15, 0.2) is 47.6 Å². The molecule has 0 saturated carbocycles. The molecule has 0 spiro atoms. The zero-order chi connectivity index (χ0) is 14.7. The molecule has 0 fully saturated rings. The van der Waals surface area contributed by atoms with Crippen LogP contribution >= 0.6 is 0 Å². The van der Waals surface area contributed by atoms with Gasteiger partial charge in [-0.2, -0.15) is 5.10 Å². The Labute approximate surface area is 122 Å². The van der Waals surface area contributed by atoms with E-state index in [1.54, 1.807) is 18.3 Å². The fourth-order valence-corrected chi connectivity index (χ4v) is 1.93. The molecule has 1 amide bonds. The molecule has 2 aromatic carbocycles. The third-order valence-corrected chi connectivity index (χ3v) is 3.09. The standard InChI is InChI=1S/C16H14N2O3/c1-11-2-5-13(6-3-11)16(19)18-17-9-12-4-7-14-15(8-12)21-10-20-14/h2-9H,10H2,1H3,(H,18,19). The number of nitrogens with one attached hydrogen (secondary N) is 1. The van der Waals surface area contributed by atoms with Crippen LogP contribution in [0.3, 0.4) is 0 Å². The first-order valence-electron chi connectivity index (χ1n) is 6.52. The van der Waals surface area contributed by atoms with Crippen molar-refractivity contribution in [1.82, 2.24) is 5.43 Å². The third-order valence-electron chi connectivity index (χ3n) is 3.09. The summed E-state index contributed by atoms with van der Waals surface area (Å²) in [5, 5.41) is 3.94. The van der Waals surface area contributed by atoms with Gasteiger partial charge in [-0.05, 0) is 42.8 Å². The van der Waals surface area contributed by atoms with E-state index < -0.39 is 0 Å². The highest BCUT2D eigenvalue weighted by Gasteiger charge is 2.12. The summed E-state index contributed by atoms with van der Waals surface area (Å²) < 4.78 is 10.5. The topological polar surface area (TPSA) is 59.9 Å². The molecule has 21 heavy (non-hydrogen) atoms. The van der Waals surface area contributed by atoms with E-state index in [1.807, 2.05) is 37.3 Å². The summed E-state index contributed by atoms with van der Waals surface area (Å²) >= 11 is 0. The highest BCUT2D eigenvalue weighted by Crippen LogP contribution is 2.31. The minimum atomic E-state index is -0.244. The van der Waals surface area contributed by atoms with Gasteiger partial charge in [0.25, 0.3) is 5.91 Å². The molecule has 0 aliphatic carbocycles. The van der Waals surface area contributed by atoms with Crippen molar-refractivity contribution in [3.05, 3.63) is 59.2 Å². The summed E-state index contributed by atoms with van der Waals surface area (Å²) in [5.74, 6) is 1.16. The predicted octanol–water partition coefficient (Wildman–Crippen LogP) is 2.49. The Bertz CT molecular complexity index is 693. The van der Waals surface area contributed by atoms with Gasteiger partial charge in [0, 0.05) is 5.56 Å². The average molecular weight is 282 g/mol.